The third-order valence-corrected chi connectivity index (χ3v) is 4.43. The Labute approximate surface area is 123 Å². The first kappa shape index (κ1) is 14.7. The fourth-order valence-electron chi connectivity index (χ4n) is 2.61. The van der Waals surface area contributed by atoms with Crippen LogP contribution < -0.4 is 4.74 Å². The lowest BCUT2D eigenvalue weighted by molar-refractivity contribution is 0.273. The summed E-state index contributed by atoms with van der Waals surface area (Å²) in [6.45, 7) is 5.57. The normalized spacial score (nSPS) is 21.1. The highest BCUT2D eigenvalue weighted by atomic mass is 79.9. The van der Waals surface area contributed by atoms with E-state index in [2.05, 4.69) is 27.8 Å². The standard InChI is InChI=1S/C15H22BrNO2/c1-11-4-3-6-17(7-5-11)10-12-8-13(16)15(18)14(9-12)19-2/h8-9,11,18H,3-7,10H2,1-2H3. The summed E-state index contributed by atoms with van der Waals surface area (Å²) in [4.78, 5) is 2.49. The number of phenols is 1. The minimum absolute atomic E-state index is 0.177. The second kappa shape index (κ2) is 6.62. The quantitative estimate of drug-likeness (QED) is 0.916. The number of rotatable bonds is 3. The van der Waals surface area contributed by atoms with Crippen LogP contribution in [0.2, 0.25) is 0 Å². The Morgan fingerprint density at radius 2 is 2.16 bits per heavy atom. The van der Waals surface area contributed by atoms with Gasteiger partial charge >= 0.3 is 0 Å². The Morgan fingerprint density at radius 3 is 2.89 bits per heavy atom. The molecule has 1 unspecified atom stereocenters. The summed E-state index contributed by atoms with van der Waals surface area (Å²) in [5.74, 6) is 1.55. The smallest absolute Gasteiger partial charge is 0.172 e. The van der Waals surface area contributed by atoms with Crippen molar-refractivity contribution < 1.29 is 9.84 Å². The van der Waals surface area contributed by atoms with Gasteiger partial charge in [-0.15, -0.1) is 0 Å². The van der Waals surface area contributed by atoms with E-state index in [-0.39, 0.29) is 5.75 Å². The molecule has 0 spiro atoms. The van der Waals surface area contributed by atoms with Crippen LogP contribution in [-0.4, -0.2) is 30.2 Å². The van der Waals surface area contributed by atoms with Crippen LogP contribution in [0.3, 0.4) is 0 Å². The third-order valence-electron chi connectivity index (χ3n) is 3.82. The van der Waals surface area contributed by atoms with Crippen molar-refractivity contribution in [3.05, 3.63) is 22.2 Å². The first-order chi connectivity index (χ1) is 9.10. The van der Waals surface area contributed by atoms with Crippen LogP contribution >= 0.6 is 15.9 Å². The number of benzene rings is 1. The molecular weight excluding hydrogens is 306 g/mol. The van der Waals surface area contributed by atoms with Gasteiger partial charge in [-0.05, 0) is 71.9 Å². The van der Waals surface area contributed by atoms with Gasteiger partial charge in [-0.3, -0.25) is 4.90 Å². The zero-order valence-electron chi connectivity index (χ0n) is 11.7. The molecule has 1 atom stereocenters. The Bertz CT molecular complexity index is 436. The van der Waals surface area contributed by atoms with Crippen LogP contribution in [0.4, 0.5) is 0 Å². The number of ether oxygens (including phenoxy) is 1. The molecule has 0 bridgehead atoms. The Kier molecular flexibility index (Phi) is 5.11. The van der Waals surface area contributed by atoms with Gasteiger partial charge in [0.15, 0.2) is 11.5 Å². The van der Waals surface area contributed by atoms with Gasteiger partial charge in [-0.25, -0.2) is 0 Å². The minimum atomic E-state index is 0.177. The number of likely N-dealkylation sites (tertiary alicyclic amines) is 1. The van der Waals surface area contributed by atoms with Crippen LogP contribution in [0.5, 0.6) is 11.5 Å². The molecule has 1 aliphatic rings. The lowest BCUT2D eigenvalue weighted by Crippen LogP contribution is -2.24. The molecule has 1 N–H and O–H groups in total. The fourth-order valence-corrected chi connectivity index (χ4v) is 3.10. The lowest BCUT2D eigenvalue weighted by atomic mass is 10.0. The van der Waals surface area contributed by atoms with Crippen LogP contribution in [0.15, 0.2) is 16.6 Å². The number of phenolic OH excluding ortho intramolecular Hbond substituents is 1. The minimum Gasteiger partial charge on any atom is -0.503 e. The average molecular weight is 328 g/mol. The van der Waals surface area contributed by atoms with Gasteiger partial charge in [0.05, 0.1) is 11.6 Å². The molecule has 1 aliphatic heterocycles. The SMILES string of the molecule is COc1cc(CN2CCCC(C)CC2)cc(Br)c1O. The predicted octanol–water partition coefficient (Wildman–Crippen LogP) is 3.79. The monoisotopic (exact) mass is 327 g/mol. The van der Waals surface area contributed by atoms with Crippen molar-refractivity contribution in [2.75, 3.05) is 20.2 Å². The molecule has 1 saturated heterocycles. The largest absolute Gasteiger partial charge is 0.503 e. The summed E-state index contributed by atoms with van der Waals surface area (Å²) in [5.41, 5.74) is 1.18. The van der Waals surface area contributed by atoms with Crippen molar-refractivity contribution in [2.45, 2.75) is 32.7 Å². The third kappa shape index (κ3) is 3.86. The highest BCUT2D eigenvalue weighted by molar-refractivity contribution is 9.10. The Hall–Kier alpha value is -0.740. The number of hydrogen-bond donors (Lipinski definition) is 1. The van der Waals surface area contributed by atoms with Crippen molar-refractivity contribution in [2.24, 2.45) is 5.92 Å². The van der Waals surface area contributed by atoms with E-state index >= 15 is 0 Å². The summed E-state index contributed by atoms with van der Waals surface area (Å²) >= 11 is 3.38. The number of hydrogen-bond acceptors (Lipinski definition) is 3. The maximum Gasteiger partial charge on any atom is 0.172 e. The van der Waals surface area contributed by atoms with Crippen molar-refractivity contribution in [3.8, 4) is 11.5 Å². The predicted molar refractivity (Wildman–Crippen MR) is 80.7 cm³/mol. The number of aromatic hydroxyl groups is 1. The van der Waals surface area contributed by atoms with E-state index < -0.39 is 0 Å². The highest BCUT2D eigenvalue weighted by Gasteiger charge is 2.15. The van der Waals surface area contributed by atoms with Crippen LogP contribution in [0.25, 0.3) is 0 Å². The maximum atomic E-state index is 9.82. The molecule has 0 saturated carbocycles. The van der Waals surface area contributed by atoms with Crippen molar-refractivity contribution in [3.63, 3.8) is 0 Å². The molecule has 106 valence electrons. The first-order valence-corrected chi connectivity index (χ1v) is 7.67. The molecular formula is C15H22BrNO2. The summed E-state index contributed by atoms with van der Waals surface area (Å²) < 4.78 is 5.90. The van der Waals surface area contributed by atoms with E-state index in [0.717, 1.165) is 25.6 Å². The topological polar surface area (TPSA) is 32.7 Å². The zero-order chi connectivity index (χ0) is 13.8. The molecule has 0 aromatic heterocycles. The van der Waals surface area contributed by atoms with Gasteiger partial charge in [0, 0.05) is 6.54 Å². The van der Waals surface area contributed by atoms with E-state index in [4.69, 9.17) is 4.74 Å². The second-order valence-corrected chi connectivity index (χ2v) is 6.30. The molecule has 1 aromatic carbocycles. The molecule has 1 aromatic rings. The van der Waals surface area contributed by atoms with Crippen molar-refractivity contribution in [1.82, 2.24) is 4.90 Å². The highest BCUT2D eigenvalue weighted by Crippen LogP contribution is 2.35. The van der Waals surface area contributed by atoms with Gasteiger partial charge in [0.1, 0.15) is 0 Å². The number of halogens is 1. The molecule has 3 nitrogen and oxygen atoms in total. The molecule has 19 heavy (non-hydrogen) atoms. The van der Waals surface area contributed by atoms with Crippen LogP contribution in [0.1, 0.15) is 31.7 Å². The summed E-state index contributed by atoms with van der Waals surface area (Å²) in [5, 5.41) is 9.82. The van der Waals surface area contributed by atoms with Crippen LogP contribution in [0, 0.1) is 5.92 Å². The van der Waals surface area contributed by atoms with Gasteiger partial charge in [0.2, 0.25) is 0 Å². The van der Waals surface area contributed by atoms with E-state index in [1.807, 2.05) is 12.1 Å². The maximum absolute atomic E-state index is 9.82. The van der Waals surface area contributed by atoms with Crippen LogP contribution in [-0.2, 0) is 6.54 Å². The number of nitrogens with zero attached hydrogens (tertiary/aromatic N) is 1. The van der Waals surface area contributed by atoms with Gasteiger partial charge in [0.25, 0.3) is 0 Å². The van der Waals surface area contributed by atoms with Gasteiger partial charge in [-0.1, -0.05) is 6.92 Å². The Morgan fingerprint density at radius 1 is 1.37 bits per heavy atom. The van der Waals surface area contributed by atoms with E-state index in [9.17, 15) is 5.11 Å². The summed E-state index contributed by atoms with van der Waals surface area (Å²) in [6, 6.07) is 3.90. The van der Waals surface area contributed by atoms with E-state index in [0.29, 0.717) is 10.2 Å². The molecule has 0 amide bonds. The van der Waals surface area contributed by atoms with E-state index in [1.54, 1.807) is 7.11 Å². The molecule has 4 heteroatoms. The molecule has 1 heterocycles. The number of methoxy groups -OCH3 is 1. The van der Waals surface area contributed by atoms with E-state index in [1.165, 1.54) is 24.8 Å². The molecule has 2 rings (SSSR count). The fraction of sp³-hybridized carbons (Fsp3) is 0.600. The summed E-state index contributed by atoms with van der Waals surface area (Å²) in [6.07, 6.45) is 3.88. The lowest BCUT2D eigenvalue weighted by Gasteiger charge is -2.20. The second-order valence-electron chi connectivity index (χ2n) is 5.44. The van der Waals surface area contributed by atoms with Crippen molar-refractivity contribution >= 4 is 15.9 Å². The molecule has 1 fully saturated rings. The van der Waals surface area contributed by atoms with Crippen molar-refractivity contribution in [1.29, 1.82) is 0 Å². The Balaban J connectivity index is 2.08. The molecule has 0 aliphatic carbocycles. The molecule has 0 radical (unpaired) electrons. The average Bonchev–Trinajstić information content (AvgIpc) is 2.59. The van der Waals surface area contributed by atoms with Gasteiger partial charge < -0.3 is 9.84 Å². The zero-order valence-corrected chi connectivity index (χ0v) is 13.2. The van der Waals surface area contributed by atoms with Gasteiger partial charge in [-0.2, -0.15) is 0 Å². The summed E-state index contributed by atoms with van der Waals surface area (Å²) in [7, 11) is 1.58. The first-order valence-electron chi connectivity index (χ1n) is 6.88.